The van der Waals surface area contributed by atoms with Crippen LogP contribution in [0.3, 0.4) is 0 Å². The molecule has 0 amide bonds. The fraction of sp³-hybridized carbons (Fsp3) is 0.743. The number of hydrogen-bond acceptors (Lipinski definition) is 2. The van der Waals surface area contributed by atoms with Gasteiger partial charge in [-0.25, -0.2) is 4.79 Å². The lowest BCUT2D eigenvalue weighted by Gasteiger charge is -2.60. The van der Waals surface area contributed by atoms with E-state index in [-0.39, 0.29) is 17.5 Å². The van der Waals surface area contributed by atoms with Crippen molar-refractivity contribution in [3.8, 4) is 0 Å². The van der Waals surface area contributed by atoms with Gasteiger partial charge in [-0.1, -0.05) is 90.7 Å². The minimum Gasteiger partial charge on any atom is -0.458 e. The molecular formula is C35H52O2. The summed E-state index contributed by atoms with van der Waals surface area (Å²) in [6.07, 6.45) is 15.7. The fourth-order valence-electron chi connectivity index (χ4n) is 9.90. The van der Waals surface area contributed by atoms with Crippen LogP contribution >= 0.6 is 0 Å². The highest BCUT2D eigenvalue weighted by atomic mass is 16.5. The Kier molecular flexibility index (Phi) is 7.69. The van der Waals surface area contributed by atoms with E-state index in [0.717, 1.165) is 54.8 Å². The lowest BCUT2D eigenvalue weighted by atomic mass is 9.45. The number of hydrogen-bond donors (Lipinski definition) is 0. The van der Waals surface area contributed by atoms with Crippen LogP contribution in [0.25, 0.3) is 0 Å². The number of ether oxygens (including phenoxy) is 1. The lowest BCUT2D eigenvalue weighted by Crippen LogP contribution is -2.53. The second-order valence-electron chi connectivity index (χ2n) is 14.4. The van der Waals surface area contributed by atoms with Crippen molar-refractivity contribution >= 4 is 5.97 Å². The maximum absolute atomic E-state index is 12.7. The Morgan fingerprint density at radius 1 is 0.973 bits per heavy atom. The molecule has 5 rings (SSSR count). The molecular weight excluding hydrogens is 452 g/mol. The zero-order valence-corrected chi connectivity index (χ0v) is 24.5. The molecule has 0 N–H and O–H groups in total. The highest BCUT2D eigenvalue weighted by Gasteiger charge is 2.60. The molecule has 0 heterocycles. The van der Waals surface area contributed by atoms with Gasteiger partial charge in [0.2, 0.25) is 0 Å². The van der Waals surface area contributed by atoms with Gasteiger partial charge in [0.1, 0.15) is 6.10 Å². The van der Waals surface area contributed by atoms with Gasteiger partial charge in [-0.3, -0.25) is 0 Å². The third-order valence-corrected chi connectivity index (χ3v) is 11.9. The summed E-state index contributed by atoms with van der Waals surface area (Å²) in [5.41, 5.74) is 3.08. The molecule has 4 aliphatic rings. The van der Waals surface area contributed by atoms with Gasteiger partial charge in [0.05, 0.1) is 5.56 Å². The first-order valence-corrected chi connectivity index (χ1v) is 15.6. The molecule has 0 radical (unpaired) electrons. The van der Waals surface area contributed by atoms with Crippen LogP contribution in [-0.2, 0) is 4.74 Å². The van der Waals surface area contributed by atoms with Crippen LogP contribution in [-0.4, -0.2) is 12.1 Å². The van der Waals surface area contributed by atoms with Crippen LogP contribution in [0.15, 0.2) is 42.0 Å². The van der Waals surface area contributed by atoms with E-state index in [1.807, 2.05) is 30.3 Å². The summed E-state index contributed by atoms with van der Waals surface area (Å²) in [5, 5.41) is 0. The van der Waals surface area contributed by atoms with Gasteiger partial charge < -0.3 is 4.74 Å². The van der Waals surface area contributed by atoms with E-state index in [1.165, 1.54) is 44.9 Å². The monoisotopic (exact) mass is 504 g/mol. The first-order chi connectivity index (χ1) is 17.6. The molecule has 0 aromatic heterocycles. The Hall–Kier alpha value is -1.57. The van der Waals surface area contributed by atoms with Crippen molar-refractivity contribution < 1.29 is 9.53 Å². The molecule has 0 bridgehead atoms. The predicted octanol–water partition coefficient (Wildman–Crippen LogP) is 9.50. The van der Waals surface area contributed by atoms with Crippen molar-refractivity contribution in [1.82, 2.24) is 0 Å². The molecule has 0 aliphatic heterocycles. The van der Waals surface area contributed by atoms with Gasteiger partial charge in [0.25, 0.3) is 0 Å². The Bertz CT molecular complexity index is 978. The summed E-state index contributed by atoms with van der Waals surface area (Å²) in [6.45, 7) is 15.1. The summed E-state index contributed by atoms with van der Waals surface area (Å²) in [6, 6.07) is 9.50. The van der Waals surface area contributed by atoms with Gasteiger partial charge in [0, 0.05) is 6.42 Å². The van der Waals surface area contributed by atoms with E-state index in [2.05, 4.69) is 47.6 Å². The minimum absolute atomic E-state index is 0.0205. The zero-order chi connectivity index (χ0) is 26.4. The second-order valence-corrected chi connectivity index (χ2v) is 14.4. The third-order valence-electron chi connectivity index (χ3n) is 11.9. The van der Waals surface area contributed by atoms with Crippen LogP contribution in [0, 0.1) is 52.3 Å². The average molecular weight is 505 g/mol. The molecule has 2 heteroatoms. The first kappa shape index (κ1) is 27.0. The summed E-state index contributed by atoms with van der Waals surface area (Å²) < 4.78 is 6.04. The molecule has 0 saturated heterocycles. The zero-order valence-electron chi connectivity index (χ0n) is 24.5. The largest absolute Gasteiger partial charge is 0.458 e. The molecule has 0 spiro atoms. The first-order valence-electron chi connectivity index (χ1n) is 15.6. The molecule has 9 atom stereocenters. The third kappa shape index (κ3) is 4.96. The van der Waals surface area contributed by atoms with Crippen LogP contribution in [0.1, 0.15) is 116 Å². The SMILES string of the molecule is CC(C)CCC[C@H](C)[C@H]1CC[C@H]2[C@@H]3[C@@H](C)C=C4C[C@@H](OC(=O)c5ccccc5)CC[C@]4(C)[C@H]3CC[C@]12C. The van der Waals surface area contributed by atoms with E-state index in [0.29, 0.717) is 16.9 Å². The van der Waals surface area contributed by atoms with Gasteiger partial charge in [0.15, 0.2) is 0 Å². The Morgan fingerprint density at radius 3 is 2.46 bits per heavy atom. The number of benzene rings is 1. The van der Waals surface area contributed by atoms with E-state index in [9.17, 15) is 4.79 Å². The molecule has 3 saturated carbocycles. The normalized spacial score (nSPS) is 39.8. The summed E-state index contributed by atoms with van der Waals surface area (Å²) in [7, 11) is 0. The number of allylic oxidation sites excluding steroid dienone is 1. The molecule has 37 heavy (non-hydrogen) atoms. The van der Waals surface area contributed by atoms with Crippen LogP contribution < -0.4 is 0 Å². The molecule has 4 aliphatic carbocycles. The van der Waals surface area contributed by atoms with Crippen LogP contribution in [0.2, 0.25) is 0 Å². The van der Waals surface area contributed by atoms with Crippen molar-refractivity contribution in [3.05, 3.63) is 47.5 Å². The highest BCUT2D eigenvalue weighted by Crippen LogP contribution is 2.68. The minimum atomic E-state index is -0.163. The molecule has 1 aromatic carbocycles. The van der Waals surface area contributed by atoms with Crippen molar-refractivity contribution in [2.45, 2.75) is 112 Å². The van der Waals surface area contributed by atoms with Gasteiger partial charge in [-0.2, -0.15) is 0 Å². The summed E-state index contributed by atoms with van der Waals surface area (Å²) in [4.78, 5) is 12.7. The van der Waals surface area contributed by atoms with Gasteiger partial charge in [-0.15, -0.1) is 0 Å². The summed E-state index contributed by atoms with van der Waals surface area (Å²) >= 11 is 0. The maximum Gasteiger partial charge on any atom is 0.338 e. The quantitative estimate of drug-likeness (QED) is 0.273. The second kappa shape index (κ2) is 10.5. The van der Waals surface area contributed by atoms with E-state index in [1.54, 1.807) is 5.57 Å². The molecule has 2 nitrogen and oxygen atoms in total. The number of carbonyl (C=O) groups is 1. The summed E-state index contributed by atoms with van der Waals surface area (Å²) in [5.74, 6) is 5.56. The number of rotatable bonds is 7. The average Bonchev–Trinajstić information content (AvgIpc) is 3.22. The smallest absolute Gasteiger partial charge is 0.338 e. The van der Waals surface area contributed by atoms with Gasteiger partial charge in [-0.05, 0) is 103 Å². The predicted molar refractivity (Wildman–Crippen MR) is 153 cm³/mol. The van der Waals surface area contributed by atoms with E-state index < -0.39 is 0 Å². The number of carbonyl (C=O) groups excluding carboxylic acids is 1. The molecule has 204 valence electrons. The fourth-order valence-corrected chi connectivity index (χ4v) is 9.90. The highest BCUT2D eigenvalue weighted by molar-refractivity contribution is 5.89. The standard InChI is InChI=1S/C35H52O2/c1-23(2)11-10-12-24(3)29-15-16-30-32-25(4)21-27-22-28(37-33(36)26-13-8-7-9-14-26)17-19-34(27,5)31(32)18-20-35(29,30)6/h7-9,13-14,21,23-25,28-32H,10-12,15-20,22H2,1-6H3/t24-,25-,28-,29+,30-,31-,32-,34-,35+/m0/s1. The van der Waals surface area contributed by atoms with Crippen molar-refractivity contribution in [2.24, 2.45) is 52.3 Å². The topological polar surface area (TPSA) is 26.3 Å². The van der Waals surface area contributed by atoms with Crippen molar-refractivity contribution in [3.63, 3.8) is 0 Å². The van der Waals surface area contributed by atoms with Crippen LogP contribution in [0.5, 0.6) is 0 Å². The van der Waals surface area contributed by atoms with Gasteiger partial charge >= 0.3 is 5.97 Å². The van der Waals surface area contributed by atoms with E-state index in [4.69, 9.17) is 4.74 Å². The molecule has 3 fully saturated rings. The lowest BCUT2D eigenvalue weighted by molar-refractivity contribution is -0.0745. The van der Waals surface area contributed by atoms with Crippen molar-refractivity contribution in [2.75, 3.05) is 0 Å². The van der Waals surface area contributed by atoms with Crippen LogP contribution in [0.4, 0.5) is 0 Å². The molecule has 0 unspecified atom stereocenters. The Balaban J connectivity index is 1.29. The number of esters is 1. The number of fused-ring (bicyclic) bond motifs is 5. The Morgan fingerprint density at radius 2 is 1.73 bits per heavy atom. The maximum atomic E-state index is 12.7. The molecule has 1 aromatic rings. The Labute approximate surface area is 227 Å². The van der Waals surface area contributed by atoms with E-state index >= 15 is 0 Å². The van der Waals surface area contributed by atoms with Crippen molar-refractivity contribution in [1.29, 1.82) is 0 Å².